The van der Waals surface area contributed by atoms with Gasteiger partial charge < -0.3 is 19.9 Å². The molecule has 0 aliphatic carbocycles. The number of pyridine rings is 1. The van der Waals surface area contributed by atoms with E-state index < -0.39 is 5.97 Å². The maximum Gasteiger partial charge on any atom is 0.338 e. The van der Waals surface area contributed by atoms with Gasteiger partial charge >= 0.3 is 5.97 Å². The summed E-state index contributed by atoms with van der Waals surface area (Å²) in [6, 6.07) is 4.86. The van der Waals surface area contributed by atoms with Crippen molar-refractivity contribution in [3.05, 3.63) is 45.2 Å². The molecule has 25 heavy (non-hydrogen) atoms. The zero-order chi connectivity index (χ0) is 18.4. The molecule has 7 nitrogen and oxygen atoms in total. The SMILES string of the molecule is CCOC(=O)c1ccc2[nH]c(C)c(CN(CCO)CCO)c(=O)c2c1. The second-order valence-electron chi connectivity index (χ2n) is 5.76. The topological polar surface area (TPSA) is 103 Å². The Morgan fingerprint density at radius 1 is 1.24 bits per heavy atom. The van der Waals surface area contributed by atoms with Gasteiger partial charge in [0.1, 0.15) is 0 Å². The lowest BCUT2D eigenvalue weighted by Gasteiger charge is -2.21. The average Bonchev–Trinajstić information content (AvgIpc) is 2.59. The van der Waals surface area contributed by atoms with E-state index in [-0.39, 0.29) is 25.2 Å². The minimum Gasteiger partial charge on any atom is -0.462 e. The van der Waals surface area contributed by atoms with Crippen LogP contribution in [0.5, 0.6) is 0 Å². The minimum absolute atomic E-state index is 0.0580. The molecule has 2 aromatic rings. The third-order valence-electron chi connectivity index (χ3n) is 4.04. The average molecular weight is 348 g/mol. The van der Waals surface area contributed by atoms with Crippen molar-refractivity contribution in [1.29, 1.82) is 0 Å². The Kier molecular flexibility index (Phi) is 6.69. The van der Waals surface area contributed by atoms with Crippen molar-refractivity contribution < 1.29 is 19.7 Å². The van der Waals surface area contributed by atoms with Crippen molar-refractivity contribution in [3.63, 3.8) is 0 Å². The maximum absolute atomic E-state index is 12.9. The van der Waals surface area contributed by atoms with E-state index in [4.69, 9.17) is 14.9 Å². The molecule has 0 radical (unpaired) electrons. The number of hydrogen-bond acceptors (Lipinski definition) is 6. The number of nitrogens with zero attached hydrogens (tertiary/aromatic N) is 1. The molecule has 1 heterocycles. The molecule has 1 aromatic heterocycles. The molecule has 7 heteroatoms. The second-order valence-corrected chi connectivity index (χ2v) is 5.76. The van der Waals surface area contributed by atoms with E-state index in [9.17, 15) is 9.59 Å². The van der Waals surface area contributed by atoms with Gasteiger partial charge in [0.15, 0.2) is 5.43 Å². The summed E-state index contributed by atoms with van der Waals surface area (Å²) in [6.45, 7) is 4.72. The van der Waals surface area contributed by atoms with E-state index in [1.54, 1.807) is 24.0 Å². The van der Waals surface area contributed by atoms with Gasteiger partial charge in [-0.05, 0) is 32.0 Å². The molecule has 0 saturated carbocycles. The fourth-order valence-corrected chi connectivity index (χ4v) is 2.76. The summed E-state index contributed by atoms with van der Waals surface area (Å²) in [5.41, 5.74) is 2.09. The van der Waals surface area contributed by atoms with Crippen LogP contribution in [0.25, 0.3) is 10.9 Å². The van der Waals surface area contributed by atoms with Crippen molar-refractivity contribution in [2.75, 3.05) is 32.9 Å². The van der Waals surface area contributed by atoms with Gasteiger partial charge in [0.2, 0.25) is 0 Å². The van der Waals surface area contributed by atoms with E-state index in [2.05, 4.69) is 4.98 Å². The standard InChI is InChI=1S/C18H24N2O5/c1-3-25-18(24)13-4-5-16-14(10-13)17(23)15(12(2)19-16)11-20(6-8-21)7-9-22/h4-5,10,21-22H,3,6-9,11H2,1-2H3,(H,19,23). The van der Waals surface area contributed by atoms with E-state index in [1.807, 2.05) is 6.92 Å². The van der Waals surface area contributed by atoms with Crippen LogP contribution in [0.1, 0.15) is 28.5 Å². The van der Waals surface area contributed by atoms with E-state index in [1.165, 1.54) is 6.07 Å². The first kappa shape index (κ1) is 19.1. The lowest BCUT2D eigenvalue weighted by Crippen LogP contribution is -2.32. The summed E-state index contributed by atoms with van der Waals surface area (Å²) in [6.07, 6.45) is 0. The molecule has 0 amide bonds. The number of hydrogen-bond donors (Lipinski definition) is 3. The van der Waals surface area contributed by atoms with Gasteiger partial charge in [0.05, 0.1) is 25.4 Å². The molecule has 0 bridgehead atoms. The Morgan fingerprint density at radius 3 is 2.52 bits per heavy atom. The zero-order valence-electron chi connectivity index (χ0n) is 14.5. The molecule has 0 fully saturated rings. The number of aromatic amines is 1. The molecule has 0 aliphatic heterocycles. The molecule has 0 saturated heterocycles. The predicted octanol–water partition coefficient (Wildman–Crippen LogP) is 0.800. The fraction of sp³-hybridized carbons (Fsp3) is 0.444. The number of nitrogens with one attached hydrogen (secondary N) is 1. The van der Waals surface area contributed by atoms with E-state index in [0.29, 0.717) is 41.7 Å². The number of esters is 1. The number of carbonyl (C=O) groups is 1. The Morgan fingerprint density at radius 2 is 1.92 bits per heavy atom. The summed E-state index contributed by atoms with van der Waals surface area (Å²) in [4.78, 5) is 29.8. The minimum atomic E-state index is -0.465. The third kappa shape index (κ3) is 4.45. The number of aliphatic hydroxyl groups excluding tert-OH is 2. The van der Waals surface area contributed by atoms with Gasteiger partial charge in [-0.15, -0.1) is 0 Å². The third-order valence-corrected chi connectivity index (χ3v) is 4.04. The van der Waals surface area contributed by atoms with Crippen molar-refractivity contribution in [2.45, 2.75) is 20.4 Å². The molecule has 0 spiro atoms. The van der Waals surface area contributed by atoms with Crippen molar-refractivity contribution in [3.8, 4) is 0 Å². The molecular formula is C18H24N2O5. The lowest BCUT2D eigenvalue weighted by molar-refractivity contribution is 0.0526. The predicted molar refractivity (Wildman–Crippen MR) is 94.7 cm³/mol. The highest BCUT2D eigenvalue weighted by Gasteiger charge is 2.15. The molecule has 136 valence electrons. The van der Waals surface area contributed by atoms with Gasteiger partial charge in [-0.2, -0.15) is 0 Å². The van der Waals surface area contributed by atoms with Crippen LogP contribution in [-0.4, -0.2) is 59.0 Å². The van der Waals surface area contributed by atoms with Gasteiger partial charge in [0.25, 0.3) is 0 Å². The fourth-order valence-electron chi connectivity index (χ4n) is 2.76. The number of aryl methyl sites for hydroxylation is 1. The van der Waals surface area contributed by atoms with Crippen LogP contribution in [0.2, 0.25) is 0 Å². The van der Waals surface area contributed by atoms with Crippen LogP contribution < -0.4 is 5.43 Å². The number of H-pyrrole nitrogens is 1. The number of ether oxygens (including phenoxy) is 1. The summed E-state index contributed by atoms with van der Waals surface area (Å²) in [5.74, 6) is -0.465. The number of aromatic nitrogens is 1. The van der Waals surface area contributed by atoms with Gasteiger partial charge in [-0.1, -0.05) is 0 Å². The van der Waals surface area contributed by atoms with Crippen LogP contribution in [0, 0.1) is 6.92 Å². The van der Waals surface area contributed by atoms with E-state index >= 15 is 0 Å². The number of benzene rings is 1. The lowest BCUT2D eigenvalue weighted by atomic mass is 10.1. The Hall–Kier alpha value is -2.22. The number of aliphatic hydroxyl groups is 2. The Labute approximate surface area is 145 Å². The molecule has 1 aromatic carbocycles. The van der Waals surface area contributed by atoms with E-state index in [0.717, 1.165) is 5.69 Å². The highest BCUT2D eigenvalue weighted by molar-refractivity contribution is 5.94. The van der Waals surface area contributed by atoms with Gasteiger partial charge in [0, 0.05) is 41.8 Å². The quantitative estimate of drug-likeness (QED) is 0.610. The molecule has 0 aliphatic rings. The van der Waals surface area contributed by atoms with Crippen LogP contribution in [0.4, 0.5) is 0 Å². The maximum atomic E-state index is 12.9. The summed E-state index contributed by atoms with van der Waals surface area (Å²) >= 11 is 0. The molecule has 3 N–H and O–H groups in total. The first-order valence-corrected chi connectivity index (χ1v) is 8.28. The van der Waals surface area contributed by atoms with Crippen LogP contribution in [0.15, 0.2) is 23.0 Å². The zero-order valence-corrected chi connectivity index (χ0v) is 14.5. The summed E-state index contributed by atoms with van der Waals surface area (Å²) in [5, 5.41) is 18.7. The smallest absolute Gasteiger partial charge is 0.338 e. The number of carbonyl (C=O) groups excluding carboxylic acids is 1. The number of rotatable bonds is 8. The van der Waals surface area contributed by atoms with Crippen molar-refractivity contribution >= 4 is 16.9 Å². The Bertz CT molecular complexity index is 794. The largest absolute Gasteiger partial charge is 0.462 e. The summed E-state index contributed by atoms with van der Waals surface area (Å²) < 4.78 is 4.98. The second kappa shape index (κ2) is 8.75. The normalized spacial score (nSPS) is 11.2. The van der Waals surface area contributed by atoms with Crippen LogP contribution in [0.3, 0.4) is 0 Å². The van der Waals surface area contributed by atoms with Crippen molar-refractivity contribution in [2.24, 2.45) is 0 Å². The molecular weight excluding hydrogens is 324 g/mol. The first-order valence-electron chi connectivity index (χ1n) is 8.28. The number of fused-ring (bicyclic) bond motifs is 1. The first-order chi connectivity index (χ1) is 12.0. The van der Waals surface area contributed by atoms with Crippen molar-refractivity contribution in [1.82, 2.24) is 9.88 Å². The van der Waals surface area contributed by atoms with Crippen LogP contribution in [-0.2, 0) is 11.3 Å². The van der Waals surface area contributed by atoms with Gasteiger partial charge in [-0.3, -0.25) is 9.69 Å². The highest BCUT2D eigenvalue weighted by Crippen LogP contribution is 2.15. The molecule has 2 rings (SSSR count). The summed E-state index contributed by atoms with van der Waals surface area (Å²) in [7, 11) is 0. The monoisotopic (exact) mass is 348 g/mol. The van der Waals surface area contributed by atoms with Gasteiger partial charge in [-0.25, -0.2) is 4.79 Å². The Balaban J connectivity index is 2.46. The highest BCUT2D eigenvalue weighted by atomic mass is 16.5. The molecule has 0 atom stereocenters. The van der Waals surface area contributed by atoms with Crippen LogP contribution >= 0.6 is 0 Å². The molecule has 0 unspecified atom stereocenters.